The highest BCUT2D eigenvalue weighted by Crippen LogP contribution is 2.27. The quantitative estimate of drug-likeness (QED) is 0.516. The SMILES string of the molecule is Cc1ccc(C(C)C)c(OCC(=O)NN=Cc2ccc(N(C)CCO)cc2)c1. The van der Waals surface area contributed by atoms with Crippen LogP contribution in [0.1, 0.15) is 36.5 Å². The summed E-state index contributed by atoms with van der Waals surface area (Å²) in [6, 6.07) is 13.7. The third-order valence-corrected chi connectivity index (χ3v) is 4.32. The van der Waals surface area contributed by atoms with Crippen LogP contribution in [0.3, 0.4) is 0 Å². The number of aryl methyl sites for hydroxylation is 1. The van der Waals surface area contributed by atoms with Crippen molar-refractivity contribution < 1.29 is 14.6 Å². The molecule has 0 unspecified atom stereocenters. The Morgan fingerprint density at radius 3 is 2.61 bits per heavy atom. The van der Waals surface area contributed by atoms with Gasteiger partial charge < -0.3 is 14.7 Å². The third-order valence-electron chi connectivity index (χ3n) is 4.32. The predicted octanol–water partition coefficient (Wildman–Crippen LogP) is 3.08. The Morgan fingerprint density at radius 2 is 1.96 bits per heavy atom. The van der Waals surface area contributed by atoms with Gasteiger partial charge in [-0.15, -0.1) is 0 Å². The van der Waals surface area contributed by atoms with Crippen LogP contribution in [0.25, 0.3) is 0 Å². The first-order chi connectivity index (χ1) is 13.4. The van der Waals surface area contributed by atoms with E-state index in [4.69, 9.17) is 9.84 Å². The van der Waals surface area contributed by atoms with E-state index in [1.165, 1.54) is 0 Å². The Balaban J connectivity index is 1.86. The van der Waals surface area contributed by atoms with Crippen LogP contribution in [0.2, 0.25) is 0 Å². The van der Waals surface area contributed by atoms with Gasteiger partial charge in [0.15, 0.2) is 6.61 Å². The van der Waals surface area contributed by atoms with Gasteiger partial charge in [0.05, 0.1) is 12.8 Å². The molecule has 0 heterocycles. The van der Waals surface area contributed by atoms with Crippen molar-refractivity contribution in [2.24, 2.45) is 5.10 Å². The third kappa shape index (κ3) is 6.39. The number of hydrogen-bond donors (Lipinski definition) is 2. The maximum Gasteiger partial charge on any atom is 0.277 e. The largest absolute Gasteiger partial charge is 0.483 e. The number of ether oxygens (including phenoxy) is 1. The lowest BCUT2D eigenvalue weighted by Gasteiger charge is -2.17. The number of amides is 1. The van der Waals surface area contributed by atoms with Gasteiger partial charge in [0, 0.05) is 19.3 Å². The van der Waals surface area contributed by atoms with E-state index in [0.29, 0.717) is 12.5 Å². The van der Waals surface area contributed by atoms with Crippen molar-refractivity contribution >= 4 is 17.8 Å². The highest BCUT2D eigenvalue weighted by atomic mass is 16.5. The highest BCUT2D eigenvalue weighted by Gasteiger charge is 2.10. The minimum atomic E-state index is -0.313. The van der Waals surface area contributed by atoms with E-state index in [1.807, 2.05) is 61.3 Å². The maximum atomic E-state index is 12.0. The monoisotopic (exact) mass is 383 g/mol. The molecule has 0 aliphatic heterocycles. The zero-order valence-corrected chi connectivity index (χ0v) is 17.0. The molecule has 2 N–H and O–H groups in total. The molecule has 0 aliphatic rings. The smallest absolute Gasteiger partial charge is 0.277 e. The fourth-order valence-electron chi connectivity index (χ4n) is 2.69. The number of nitrogens with one attached hydrogen (secondary N) is 1. The fraction of sp³-hybridized carbons (Fsp3) is 0.364. The summed E-state index contributed by atoms with van der Waals surface area (Å²) < 4.78 is 5.70. The zero-order valence-electron chi connectivity index (χ0n) is 17.0. The van der Waals surface area contributed by atoms with Crippen molar-refractivity contribution in [3.8, 4) is 5.75 Å². The van der Waals surface area contributed by atoms with Crippen molar-refractivity contribution in [3.63, 3.8) is 0 Å². The van der Waals surface area contributed by atoms with E-state index in [-0.39, 0.29) is 19.1 Å². The summed E-state index contributed by atoms with van der Waals surface area (Å²) in [6.45, 7) is 6.76. The molecule has 0 bridgehead atoms. The van der Waals surface area contributed by atoms with E-state index in [9.17, 15) is 4.79 Å². The van der Waals surface area contributed by atoms with Crippen LogP contribution in [0.15, 0.2) is 47.6 Å². The lowest BCUT2D eigenvalue weighted by Crippen LogP contribution is -2.25. The van der Waals surface area contributed by atoms with Gasteiger partial charge in [-0.2, -0.15) is 5.10 Å². The Hall–Kier alpha value is -2.86. The molecule has 1 amide bonds. The van der Waals surface area contributed by atoms with E-state index >= 15 is 0 Å². The number of hydrogen-bond acceptors (Lipinski definition) is 5. The molecule has 6 nitrogen and oxygen atoms in total. The molecule has 2 aromatic carbocycles. The second kappa shape index (κ2) is 10.5. The summed E-state index contributed by atoms with van der Waals surface area (Å²) in [5.74, 6) is 0.736. The fourth-order valence-corrected chi connectivity index (χ4v) is 2.69. The van der Waals surface area contributed by atoms with Crippen molar-refractivity contribution in [1.29, 1.82) is 0 Å². The summed E-state index contributed by atoms with van der Waals surface area (Å²) in [4.78, 5) is 14.0. The molecule has 0 aromatic heterocycles. The van der Waals surface area contributed by atoms with Gasteiger partial charge in [-0.05, 0) is 47.7 Å². The van der Waals surface area contributed by atoms with Crippen LogP contribution in [0.5, 0.6) is 5.75 Å². The molecule has 0 atom stereocenters. The number of carbonyl (C=O) groups excluding carboxylic acids is 1. The molecule has 0 saturated heterocycles. The number of aliphatic hydroxyl groups excluding tert-OH is 1. The standard InChI is InChI=1S/C22H29N3O3/c1-16(2)20-10-5-17(3)13-21(20)28-15-22(27)24-23-14-18-6-8-19(9-7-18)25(4)11-12-26/h5-10,13-14,16,26H,11-12,15H2,1-4H3,(H,24,27). The summed E-state index contributed by atoms with van der Waals surface area (Å²) in [5, 5.41) is 13.0. The minimum absolute atomic E-state index is 0.0919. The maximum absolute atomic E-state index is 12.0. The summed E-state index contributed by atoms with van der Waals surface area (Å²) >= 11 is 0. The summed E-state index contributed by atoms with van der Waals surface area (Å²) in [7, 11) is 1.92. The first kappa shape index (κ1) is 21.4. The Kier molecular flexibility index (Phi) is 8.02. The van der Waals surface area contributed by atoms with Gasteiger partial charge in [0.25, 0.3) is 5.91 Å². The molecule has 6 heteroatoms. The molecule has 2 rings (SSSR count). The first-order valence-corrected chi connectivity index (χ1v) is 9.38. The number of hydrazone groups is 1. The van der Waals surface area contributed by atoms with Gasteiger partial charge in [0.2, 0.25) is 0 Å². The molecular weight excluding hydrogens is 354 g/mol. The first-order valence-electron chi connectivity index (χ1n) is 9.38. The van der Waals surface area contributed by atoms with E-state index in [2.05, 4.69) is 24.4 Å². The van der Waals surface area contributed by atoms with Crippen LogP contribution in [0, 0.1) is 6.92 Å². The average Bonchev–Trinajstić information content (AvgIpc) is 2.67. The zero-order chi connectivity index (χ0) is 20.5. The number of benzene rings is 2. The molecule has 0 radical (unpaired) electrons. The van der Waals surface area contributed by atoms with Crippen molar-refractivity contribution in [1.82, 2.24) is 5.43 Å². The number of rotatable bonds is 9. The Labute approximate surface area is 166 Å². The van der Waals surface area contributed by atoms with E-state index in [0.717, 1.165) is 28.1 Å². The molecule has 0 saturated carbocycles. The number of nitrogens with zero attached hydrogens (tertiary/aromatic N) is 2. The molecular formula is C22H29N3O3. The number of anilines is 1. The van der Waals surface area contributed by atoms with Gasteiger partial charge >= 0.3 is 0 Å². The lowest BCUT2D eigenvalue weighted by molar-refractivity contribution is -0.123. The Morgan fingerprint density at radius 1 is 1.25 bits per heavy atom. The number of carbonyl (C=O) groups is 1. The van der Waals surface area contributed by atoms with Gasteiger partial charge in [-0.1, -0.05) is 38.1 Å². The van der Waals surface area contributed by atoms with Gasteiger partial charge in [0.1, 0.15) is 5.75 Å². The van der Waals surface area contributed by atoms with E-state index in [1.54, 1.807) is 6.21 Å². The van der Waals surface area contributed by atoms with Crippen LogP contribution in [-0.4, -0.2) is 44.0 Å². The van der Waals surface area contributed by atoms with Gasteiger partial charge in [-0.3, -0.25) is 4.79 Å². The van der Waals surface area contributed by atoms with Crippen LogP contribution in [-0.2, 0) is 4.79 Å². The molecule has 150 valence electrons. The van der Waals surface area contributed by atoms with Crippen molar-refractivity contribution in [3.05, 3.63) is 59.2 Å². The Bertz CT molecular complexity index is 801. The van der Waals surface area contributed by atoms with Crippen LogP contribution < -0.4 is 15.1 Å². The molecule has 28 heavy (non-hydrogen) atoms. The second-order valence-corrected chi connectivity index (χ2v) is 7.01. The average molecular weight is 383 g/mol. The number of likely N-dealkylation sites (N-methyl/N-ethyl adjacent to an activating group) is 1. The number of aliphatic hydroxyl groups is 1. The topological polar surface area (TPSA) is 74.2 Å². The summed E-state index contributed by atoms with van der Waals surface area (Å²) in [5.41, 5.74) is 6.52. The minimum Gasteiger partial charge on any atom is -0.483 e. The molecule has 0 spiro atoms. The van der Waals surface area contributed by atoms with Crippen LogP contribution in [0.4, 0.5) is 5.69 Å². The van der Waals surface area contributed by atoms with Gasteiger partial charge in [-0.25, -0.2) is 5.43 Å². The molecule has 0 aliphatic carbocycles. The van der Waals surface area contributed by atoms with E-state index < -0.39 is 0 Å². The van der Waals surface area contributed by atoms with Crippen molar-refractivity contribution in [2.75, 3.05) is 31.7 Å². The van der Waals surface area contributed by atoms with Crippen LogP contribution >= 0.6 is 0 Å². The van der Waals surface area contributed by atoms with Crippen molar-refractivity contribution in [2.45, 2.75) is 26.7 Å². The predicted molar refractivity (Wildman–Crippen MR) is 113 cm³/mol. The molecule has 0 fully saturated rings. The molecule has 2 aromatic rings. The highest BCUT2D eigenvalue weighted by molar-refractivity contribution is 5.83. The lowest BCUT2D eigenvalue weighted by atomic mass is 10.0. The second-order valence-electron chi connectivity index (χ2n) is 7.01. The normalized spacial score (nSPS) is 11.1. The summed E-state index contributed by atoms with van der Waals surface area (Å²) in [6.07, 6.45) is 1.58.